The van der Waals surface area contributed by atoms with Crippen LogP contribution in [-0.4, -0.2) is 43.2 Å². The Morgan fingerprint density at radius 2 is 2.12 bits per heavy atom. The second-order valence-corrected chi connectivity index (χ2v) is 8.12. The number of halogens is 2. The number of nitrogens with zero attached hydrogens (tertiary/aromatic N) is 3. The van der Waals surface area contributed by atoms with E-state index in [1.807, 2.05) is 10.8 Å². The first kappa shape index (κ1) is 19.6. The van der Waals surface area contributed by atoms with E-state index in [2.05, 4.69) is 10.3 Å². The summed E-state index contributed by atoms with van der Waals surface area (Å²) in [5.41, 5.74) is 0.172. The van der Waals surface area contributed by atoms with Crippen LogP contribution in [0.1, 0.15) is 6.42 Å². The summed E-state index contributed by atoms with van der Waals surface area (Å²) in [5, 5.41) is 3.22. The highest BCUT2D eigenvalue weighted by atomic mass is 35.5. The first-order valence-corrected chi connectivity index (χ1v) is 10.0. The van der Waals surface area contributed by atoms with Gasteiger partial charge in [-0.25, -0.2) is 13.4 Å². The Morgan fingerprint density at radius 1 is 1.36 bits per heavy atom. The number of aryl methyl sites for hydroxylation is 1. The van der Waals surface area contributed by atoms with Crippen LogP contribution in [0.2, 0.25) is 10.0 Å². The van der Waals surface area contributed by atoms with Gasteiger partial charge < -0.3 is 9.88 Å². The van der Waals surface area contributed by atoms with Gasteiger partial charge in [0.05, 0.1) is 23.3 Å². The van der Waals surface area contributed by atoms with Gasteiger partial charge in [0.15, 0.2) is 0 Å². The number of sulfonamides is 1. The van der Waals surface area contributed by atoms with Crippen molar-refractivity contribution < 1.29 is 13.2 Å². The lowest BCUT2D eigenvalue weighted by atomic mass is 10.3. The van der Waals surface area contributed by atoms with E-state index in [1.165, 1.54) is 12.1 Å². The molecule has 0 aliphatic heterocycles. The summed E-state index contributed by atoms with van der Waals surface area (Å²) in [6.45, 7) is 0.748. The molecule has 0 bridgehead atoms. The topological polar surface area (TPSA) is 84.3 Å². The average Bonchev–Trinajstić information content (AvgIpc) is 3.04. The molecule has 0 saturated heterocycles. The first-order valence-electron chi connectivity index (χ1n) is 7.42. The summed E-state index contributed by atoms with van der Waals surface area (Å²) in [6.07, 6.45) is 6.90. The number of rotatable bonds is 8. The molecule has 0 spiro atoms. The second-order valence-electron chi connectivity index (χ2n) is 5.37. The Kier molecular flexibility index (Phi) is 6.69. The lowest BCUT2D eigenvalue weighted by Gasteiger charge is -2.23. The molecule has 0 atom stereocenters. The van der Waals surface area contributed by atoms with Crippen molar-refractivity contribution in [2.45, 2.75) is 13.0 Å². The van der Waals surface area contributed by atoms with Crippen LogP contribution in [0.25, 0.3) is 0 Å². The lowest BCUT2D eigenvalue weighted by Crippen LogP contribution is -2.40. The number of amides is 1. The molecule has 10 heteroatoms. The Bertz CT molecular complexity index is 825. The van der Waals surface area contributed by atoms with Crippen molar-refractivity contribution >= 4 is 44.8 Å². The van der Waals surface area contributed by atoms with E-state index in [0.29, 0.717) is 24.5 Å². The number of nitrogens with one attached hydrogen (secondary N) is 1. The van der Waals surface area contributed by atoms with E-state index >= 15 is 0 Å². The number of benzene rings is 1. The lowest BCUT2D eigenvalue weighted by molar-refractivity contribution is -0.119. The molecule has 0 aliphatic rings. The zero-order chi connectivity index (χ0) is 18.4. The zero-order valence-corrected chi connectivity index (χ0v) is 15.9. The molecule has 25 heavy (non-hydrogen) atoms. The van der Waals surface area contributed by atoms with Crippen LogP contribution in [0, 0.1) is 0 Å². The van der Waals surface area contributed by atoms with Crippen molar-refractivity contribution in [3.8, 4) is 0 Å². The molecule has 1 N–H and O–H groups in total. The number of hydrogen-bond acceptors (Lipinski definition) is 4. The molecule has 0 saturated carbocycles. The SMILES string of the molecule is CS(=O)(=O)N(CC(=O)NCCCn1ccnc1)c1cc(Cl)ccc1Cl. The summed E-state index contributed by atoms with van der Waals surface area (Å²) in [4.78, 5) is 16.0. The van der Waals surface area contributed by atoms with Gasteiger partial charge in [0.2, 0.25) is 15.9 Å². The average molecular weight is 405 g/mol. The highest BCUT2D eigenvalue weighted by Crippen LogP contribution is 2.30. The van der Waals surface area contributed by atoms with Crippen molar-refractivity contribution in [1.29, 1.82) is 0 Å². The third-order valence-corrected chi connectivity index (χ3v) is 5.02. The standard InChI is InChI=1S/C15H18Cl2N4O3S/c1-25(23,24)21(14-9-12(16)3-4-13(14)17)10-15(22)19-5-2-7-20-8-6-18-11-20/h3-4,6,8-9,11H,2,5,7,10H2,1H3,(H,19,22). The van der Waals surface area contributed by atoms with E-state index < -0.39 is 15.9 Å². The van der Waals surface area contributed by atoms with Crippen LogP contribution in [-0.2, 0) is 21.4 Å². The number of hydrogen-bond donors (Lipinski definition) is 1. The molecule has 0 fully saturated rings. The van der Waals surface area contributed by atoms with Crippen molar-refractivity contribution in [2.75, 3.05) is 23.7 Å². The molecule has 1 amide bonds. The molecule has 2 rings (SSSR count). The molecule has 1 aromatic carbocycles. The highest BCUT2D eigenvalue weighted by molar-refractivity contribution is 7.92. The Labute approximate surface area is 156 Å². The largest absolute Gasteiger partial charge is 0.354 e. The van der Waals surface area contributed by atoms with E-state index in [9.17, 15) is 13.2 Å². The maximum absolute atomic E-state index is 12.1. The fourth-order valence-corrected chi connectivity index (χ4v) is 3.45. The maximum Gasteiger partial charge on any atom is 0.240 e. The van der Waals surface area contributed by atoms with Crippen LogP contribution in [0.5, 0.6) is 0 Å². The molecule has 7 nitrogen and oxygen atoms in total. The third-order valence-electron chi connectivity index (χ3n) is 3.34. The van der Waals surface area contributed by atoms with Gasteiger partial charge in [-0.2, -0.15) is 0 Å². The predicted octanol–water partition coefficient (Wildman–Crippen LogP) is 2.16. The van der Waals surface area contributed by atoms with Gasteiger partial charge in [-0.3, -0.25) is 9.10 Å². The van der Waals surface area contributed by atoms with E-state index in [1.54, 1.807) is 18.6 Å². The third kappa shape index (κ3) is 5.91. The minimum atomic E-state index is -3.70. The van der Waals surface area contributed by atoms with Gasteiger partial charge in [0.1, 0.15) is 6.54 Å². The van der Waals surface area contributed by atoms with Crippen molar-refractivity contribution in [3.05, 3.63) is 47.0 Å². The number of imidazole rings is 1. The number of anilines is 1. The van der Waals surface area contributed by atoms with E-state index in [0.717, 1.165) is 10.6 Å². The van der Waals surface area contributed by atoms with E-state index in [-0.39, 0.29) is 17.3 Å². The second kappa shape index (κ2) is 8.55. The van der Waals surface area contributed by atoms with Crippen LogP contribution in [0.3, 0.4) is 0 Å². The smallest absolute Gasteiger partial charge is 0.240 e. The molecule has 0 radical (unpaired) electrons. The number of carbonyl (C=O) groups excluding carboxylic acids is 1. The van der Waals surface area contributed by atoms with Crippen molar-refractivity contribution in [3.63, 3.8) is 0 Å². The van der Waals surface area contributed by atoms with Gasteiger partial charge in [-0.1, -0.05) is 23.2 Å². The van der Waals surface area contributed by atoms with Crippen molar-refractivity contribution in [2.24, 2.45) is 0 Å². The summed E-state index contributed by atoms with van der Waals surface area (Å²) in [5.74, 6) is -0.424. The summed E-state index contributed by atoms with van der Waals surface area (Å²) in [6, 6.07) is 4.45. The first-order chi connectivity index (χ1) is 11.8. The Morgan fingerprint density at radius 3 is 2.76 bits per heavy atom. The number of aromatic nitrogens is 2. The van der Waals surface area contributed by atoms with E-state index in [4.69, 9.17) is 23.2 Å². The Hall–Kier alpha value is -1.77. The maximum atomic E-state index is 12.1. The molecule has 2 aromatic rings. The molecular weight excluding hydrogens is 387 g/mol. The normalized spacial score (nSPS) is 11.3. The van der Waals surface area contributed by atoms with Crippen LogP contribution >= 0.6 is 23.2 Å². The molecule has 136 valence electrons. The molecule has 0 unspecified atom stereocenters. The molecule has 0 aliphatic carbocycles. The fraction of sp³-hybridized carbons (Fsp3) is 0.333. The quantitative estimate of drug-likeness (QED) is 0.683. The monoisotopic (exact) mass is 404 g/mol. The minimum absolute atomic E-state index is 0.172. The van der Waals surface area contributed by atoms with Crippen LogP contribution in [0.4, 0.5) is 5.69 Å². The van der Waals surface area contributed by atoms with Gasteiger partial charge in [0, 0.05) is 30.5 Å². The number of carbonyl (C=O) groups is 1. The van der Waals surface area contributed by atoms with Gasteiger partial charge in [-0.15, -0.1) is 0 Å². The van der Waals surface area contributed by atoms with Crippen molar-refractivity contribution in [1.82, 2.24) is 14.9 Å². The molecule has 1 heterocycles. The molecular formula is C15H18Cl2N4O3S. The zero-order valence-electron chi connectivity index (χ0n) is 13.5. The highest BCUT2D eigenvalue weighted by Gasteiger charge is 2.23. The predicted molar refractivity (Wildman–Crippen MR) is 98.5 cm³/mol. The van der Waals surface area contributed by atoms with Crippen LogP contribution in [0.15, 0.2) is 36.9 Å². The fourth-order valence-electron chi connectivity index (χ4n) is 2.15. The summed E-state index contributed by atoms with van der Waals surface area (Å²) >= 11 is 12.0. The minimum Gasteiger partial charge on any atom is -0.354 e. The summed E-state index contributed by atoms with van der Waals surface area (Å²) in [7, 11) is -3.70. The van der Waals surface area contributed by atoms with Gasteiger partial charge in [0.25, 0.3) is 0 Å². The summed E-state index contributed by atoms with van der Waals surface area (Å²) < 4.78 is 26.9. The Balaban J connectivity index is 1.97. The molecule has 1 aromatic heterocycles. The van der Waals surface area contributed by atoms with Gasteiger partial charge in [-0.05, 0) is 24.6 Å². The van der Waals surface area contributed by atoms with Gasteiger partial charge >= 0.3 is 0 Å². The van der Waals surface area contributed by atoms with Crippen LogP contribution < -0.4 is 9.62 Å².